The molecule has 116 valence electrons. The Kier molecular flexibility index (Phi) is 5.41. The summed E-state index contributed by atoms with van der Waals surface area (Å²) in [6.07, 6.45) is 0. The first kappa shape index (κ1) is 16.3. The van der Waals surface area contributed by atoms with Gasteiger partial charge in [0.05, 0.1) is 11.6 Å². The molecule has 0 fully saturated rings. The fourth-order valence-electron chi connectivity index (χ4n) is 1.82. The van der Waals surface area contributed by atoms with E-state index in [1.54, 1.807) is 11.3 Å². The van der Waals surface area contributed by atoms with Crippen LogP contribution in [0.1, 0.15) is 28.2 Å². The van der Waals surface area contributed by atoms with E-state index in [1.165, 1.54) is 18.2 Å². The van der Waals surface area contributed by atoms with Gasteiger partial charge in [0.15, 0.2) is 6.61 Å². The monoisotopic (exact) mass is 338 g/mol. The van der Waals surface area contributed by atoms with E-state index in [1.807, 2.05) is 24.4 Å². The predicted octanol–water partition coefficient (Wildman–Crippen LogP) is 3.02. The highest BCUT2D eigenvalue weighted by Gasteiger charge is 2.15. The molecule has 0 bridgehead atoms. The highest BCUT2D eigenvalue weighted by atomic mass is 35.5. The third-order valence-corrected chi connectivity index (χ3v) is 4.21. The lowest BCUT2D eigenvalue weighted by Gasteiger charge is -2.12. The molecule has 3 N–H and O–H groups in total. The van der Waals surface area contributed by atoms with E-state index in [9.17, 15) is 9.59 Å². The van der Waals surface area contributed by atoms with Gasteiger partial charge in [0, 0.05) is 15.6 Å². The Morgan fingerprint density at radius 1 is 1.41 bits per heavy atom. The molecular weight excluding hydrogens is 324 g/mol. The van der Waals surface area contributed by atoms with Gasteiger partial charge in [0.1, 0.15) is 0 Å². The van der Waals surface area contributed by atoms with Crippen molar-refractivity contribution in [2.24, 2.45) is 0 Å². The Morgan fingerprint density at radius 2 is 2.18 bits per heavy atom. The van der Waals surface area contributed by atoms with E-state index in [0.29, 0.717) is 5.02 Å². The number of hydrogen-bond acceptors (Lipinski definition) is 5. The van der Waals surface area contributed by atoms with Crippen LogP contribution < -0.4 is 11.1 Å². The van der Waals surface area contributed by atoms with Crippen LogP contribution in [0.2, 0.25) is 5.02 Å². The molecule has 0 saturated carbocycles. The highest BCUT2D eigenvalue weighted by molar-refractivity contribution is 7.10. The van der Waals surface area contributed by atoms with Crippen LogP contribution in [0, 0.1) is 0 Å². The molecule has 0 radical (unpaired) electrons. The van der Waals surface area contributed by atoms with Gasteiger partial charge in [0.25, 0.3) is 5.91 Å². The molecule has 7 heteroatoms. The van der Waals surface area contributed by atoms with E-state index in [4.69, 9.17) is 22.1 Å². The second-order valence-corrected chi connectivity index (χ2v) is 6.03. The first-order chi connectivity index (χ1) is 10.5. The molecular formula is C15H15ClN2O3S. The van der Waals surface area contributed by atoms with Gasteiger partial charge in [-0.1, -0.05) is 17.7 Å². The number of nitrogen functional groups attached to an aromatic ring is 1. The maximum atomic E-state index is 11.9. The van der Waals surface area contributed by atoms with Crippen molar-refractivity contribution in [2.45, 2.75) is 13.0 Å². The number of esters is 1. The molecule has 2 rings (SSSR count). The Morgan fingerprint density at radius 3 is 2.82 bits per heavy atom. The van der Waals surface area contributed by atoms with Crippen LogP contribution >= 0.6 is 22.9 Å². The zero-order chi connectivity index (χ0) is 16.1. The lowest BCUT2D eigenvalue weighted by atomic mass is 10.2. The number of anilines is 1. The smallest absolute Gasteiger partial charge is 0.340 e. The molecule has 1 amide bonds. The number of carbonyl (C=O) groups excluding carboxylic acids is 2. The molecule has 1 aromatic carbocycles. The third kappa shape index (κ3) is 4.22. The Bertz CT molecular complexity index is 673. The van der Waals surface area contributed by atoms with Crippen LogP contribution in [-0.2, 0) is 9.53 Å². The average molecular weight is 339 g/mol. The summed E-state index contributed by atoms with van der Waals surface area (Å²) in [7, 11) is 0. The van der Waals surface area contributed by atoms with Gasteiger partial charge < -0.3 is 15.8 Å². The Balaban J connectivity index is 1.86. The van der Waals surface area contributed by atoms with Gasteiger partial charge in [-0.2, -0.15) is 0 Å². The van der Waals surface area contributed by atoms with Crippen molar-refractivity contribution in [3.05, 3.63) is 51.2 Å². The van der Waals surface area contributed by atoms with Gasteiger partial charge >= 0.3 is 5.97 Å². The minimum absolute atomic E-state index is 0.133. The summed E-state index contributed by atoms with van der Waals surface area (Å²) in [6.45, 7) is 1.50. The molecule has 1 atom stereocenters. The topological polar surface area (TPSA) is 81.4 Å². The van der Waals surface area contributed by atoms with Crippen LogP contribution in [0.25, 0.3) is 0 Å². The first-order valence-electron chi connectivity index (χ1n) is 6.52. The number of hydrogen-bond donors (Lipinski definition) is 2. The summed E-state index contributed by atoms with van der Waals surface area (Å²) in [5, 5.41) is 5.11. The number of benzene rings is 1. The minimum Gasteiger partial charge on any atom is -0.452 e. The average Bonchev–Trinajstić information content (AvgIpc) is 2.99. The second-order valence-electron chi connectivity index (χ2n) is 4.61. The van der Waals surface area contributed by atoms with E-state index >= 15 is 0 Å². The van der Waals surface area contributed by atoms with Crippen molar-refractivity contribution in [1.29, 1.82) is 0 Å². The standard InChI is InChI=1S/C15H15ClN2O3S/c1-9(13-3-2-6-22-13)18-14(19)8-21-15(20)11-5-4-10(16)7-12(11)17/h2-7,9H,8,17H2,1H3,(H,18,19). The van der Waals surface area contributed by atoms with Crippen molar-refractivity contribution in [2.75, 3.05) is 12.3 Å². The number of nitrogens with two attached hydrogens (primary N) is 1. The maximum absolute atomic E-state index is 11.9. The number of rotatable bonds is 5. The number of ether oxygens (including phenoxy) is 1. The van der Waals surface area contributed by atoms with Gasteiger partial charge in [-0.3, -0.25) is 4.79 Å². The van der Waals surface area contributed by atoms with Crippen LogP contribution in [0.4, 0.5) is 5.69 Å². The first-order valence-corrected chi connectivity index (χ1v) is 7.78. The van der Waals surface area contributed by atoms with Gasteiger partial charge in [0.2, 0.25) is 0 Å². The number of carbonyl (C=O) groups is 2. The quantitative estimate of drug-likeness (QED) is 0.648. The van der Waals surface area contributed by atoms with Crippen molar-refractivity contribution >= 4 is 40.5 Å². The number of halogens is 1. The van der Waals surface area contributed by atoms with E-state index in [0.717, 1.165) is 4.88 Å². The highest BCUT2D eigenvalue weighted by Crippen LogP contribution is 2.19. The molecule has 5 nitrogen and oxygen atoms in total. The predicted molar refractivity (Wildman–Crippen MR) is 87.0 cm³/mol. The lowest BCUT2D eigenvalue weighted by molar-refractivity contribution is -0.124. The largest absolute Gasteiger partial charge is 0.452 e. The Hall–Kier alpha value is -2.05. The zero-order valence-corrected chi connectivity index (χ0v) is 13.4. The molecule has 0 aliphatic heterocycles. The third-order valence-electron chi connectivity index (χ3n) is 2.92. The van der Waals surface area contributed by atoms with Crippen molar-refractivity contribution in [3.8, 4) is 0 Å². The van der Waals surface area contributed by atoms with Gasteiger partial charge in [-0.15, -0.1) is 11.3 Å². The summed E-state index contributed by atoms with van der Waals surface area (Å²) in [5.41, 5.74) is 6.09. The summed E-state index contributed by atoms with van der Waals surface area (Å²) in [4.78, 5) is 24.7. The van der Waals surface area contributed by atoms with Crippen molar-refractivity contribution in [1.82, 2.24) is 5.32 Å². The molecule has 0 aliphatic rings. The minimum atomic E-state index is -0.659. The normalized spacial score (nSPS) is 11.7. The van der Waals surface area contributed by atoms with E-state index in [-0.39, 0.29) is 29.8 Å². The van der Waals surface area contributed by atoms with E-state index in [2.05, 4.69) is 5.32 Å². The number of thiophene rings is 1. The maximum Gasteiger partial charge on any atom is 0.340 e. The van der Waals surface area contributed by atoms with Crippen LogP contribution in [0.5, 0.6) is 0 Å². The molecule has 1 unspecified atom stereocenters. The van der Waals surface area contributed by atoms with Gasteiger partial charge in [-0.25, -0.2) is 4.79 Å². The van der Waals surface area contributed by atoms with E-state index < -0.39 is 5.97 Å². The fraction of sp³-hybridized carbons (Fsp3) is 0.200. The molecule has 1 heterocycles. The molecule has 0 aliphatic carbocycles. The summed E-state index contributed by atoms with van der Waals surface area (Å²) in [5.74, 6) is -1.03. The number of amides is 1. The van der Waals surface area contributed by atoms with Crippen molar-refractivity contribution in [3.63, 3.8) is 0 Å². The van der Waals surface area contributed by atoms with Gasteiger partial charge in [-0.05, 0) is 36.6 Å². The summed E-state index contributed by atoms with van der Waals surface area (Å²) in [6, 6.07) is 8.16. The van der Waals surface area contributed by atoms with Crippen molar-refractivity contribution < 1.29 is 14.3 Å². The second kappa shape index (κ2) is 7.29. The van der Waals surface area contributed by atoms with Crippen LogP contribution in [-0.4, -0.2) is 18.5 Å². The number of nitrogens with one attached hydrogen (secondary N) is 1. The Labute approximate surface area is 137 Å². The fourth-order valence-corrected chi connectivity index (χ4v) is 2.74. The zero-order valence-electron chi connectivity index (χ0n) is 11.8. The van der Waals surface area contributed by atoms with Crippen LogP contribution in [0.3, 0.4) is 0 Å². The molecule has 1 aromatic heterocycles. The molecule has 22 heavy (non-hydrogen) atoms. The SMILES string of the molecule is CC(NC(=O)COC(=O)c1ccc(Cl)cc1N)c1cccs1. The van der Waals surface area contributed by atoms with Crippen LogP contribution in [0.15, 0.2) is 35.7 Å². The molecule has 0 saturated heterocycles. The molecule has 0 spiro atoms. The molecule has 2 aromatic rings. The lowest BCUT2D eigenvalue weighted by Crippen LogP contribution is -2.30. The summed E-state index contributed by atoms with van der Waals surface area (Å²) < 4.78 is 4.96. The summed E-state index contributed by atoms with van der Waals surface area (Å²) >= 11 is 7.31.